The van der Waals surface area contributed by atoms with Crippen molar-refractivity contribution in [3.8, 4) is 0 Å². The topological polar surface area (TPSA) is 57.6 Å². The van der Waals surface area contributed by atoms with Crippen molar-refractivity contribution in [2.24, 2.45) is 5.92 Å². The first kappa shape index (κ1) is 17.7. The average molecular weight is 341 g/mol. The molecule has 4 nitrogen and oxygen atoms in total. The van der Waals surface area contributed by atoms with Gasteiger partial charge < -0.3 is 10.0 Å². The van der Waals surface area contributed by atoms with Gasteiger partial charge in [-0.1, -0.05) is 57.4 Å². The summed E-state index contributed by atoms with van der Waals surface area (Å²) in [7, 11) is 0. The summed E-state index contributed by atoms with van der Waals surface area (Å²) in [5.41, 5.74) is 2.25. The molecule has 0 spiro atoms. The fourth-order valence-electron chi connectivity index (χ4n) is 4.12. The number of hydrogen-bond donors (Lipinski definition) is 1. The maximum absolute atomic E-state index is 12.9. The Balaban J connectivity index is 2.11. The fraction of sp³-hybridized carbons (Fsp3) is 0.524. The van der Waals surface area contributed by atoms with Gasteiger partial charge in [0.05, 0.1) is 11.6 Å². The molecule has 1 aromatic rings. The third kappa shape index (κ3) is 3.10. The van der Waals surface area contributed by atoms with Gasteiger partial charge in [0.2, 0.25) is 0 Å². The third-order valence-electron chi connectivity index (χ3n) is 5.48. The van der Waals surface area contributed by atoms with E-state index in [1.165, 1.54) is 6.42 Å². The van der Waals surface area contributed by atoms with Crippen molar-refractivity contribution in [2.45, 2.75) is 65.0 Å². The van der Waals surface area contributed by atoms with E-state index >= 15 is 0 Å². The normalized spacial score (nSPS) is 22.2. The standard InChI is InChI=1S/C21H27NO3/c1-13(2)19(23)17-18(16-12-8-7-9-14(16)3)22(21(25)20(17)24)15-10-5-4-6-11-15/h7-9,12-13,15,18,24H,4-6,10-11H2,1-3H3. The molecule has 1 saturated carbocycles. The number of rotatable bonds is 4. The summed E-state index contributed by atoms with van der Waals surface area (Å²) in [6.07, 6.45) is 5.23. The third-order valence-corrected chi connectivity index (χ3v) is 5.48. The van der Waals surface area contributed by atoms with Gasteiger partial charge in [0.25, 0.3) is 5.91 Å². The Morgan fingerprint density at radius 1 is 1.16 bits per heavy atom. The molecule has 1 atom stereocenters. The van der Waals surface area contributed by atoms with Gasteiger partial charge in [-0.3, -0.25) is 9.59 Å². The van der Waals surface area contributed by atoms with Gasteiger partial charge in [-0.15, -0.1) is 0 Å². The van der Waals surface area contributed by atoms with Crippen LogP contribution < -0.4 is 0 Å². The molecule has 1 aromatic carbocycles. The van der Waals surface area contributed by atoms with Gasteiger partial charge in [0.1, 0.15) is 0 Å². The van der Waals surface area contributed by atoms with Crippen molar-refractivity contribution in [3.05, 3.63) is 46.7 Å². The fourth-order valence-corrected chi connectivity index (χ4v) is 4.12. The van der Waals surface area contributed by atoms with Crippen molar-refractivity contribution in [1.82, 2.24) is 4.90 Å². The molecule has 1 aliphatic carbocycles. The summed E-state index contributed by atoms with van der Waals surface area (Å²) < 4.78 is 0. The number of aliphatic hydroxyl groups excluding tert-OH is 1. The molecule has 0 bridgehead atoms. The van der Waals surface area contributed by atoms with Gasteiger partial charge in [-0.2, -0.15) is 0 Å². The Morgan fingerprint density at radius 3 is 2.40 bits per heavy atom. The van der Waals surface area contributed by atoms with E-state index in [4.69, 9.17) is 0 Å². The molecule has 1 amide bonds. The van der Waals surface area contributed by atoms with E-state index in [-0.39, 0.29) is 35.0 Å². The number of Topliss-reactive ketones (excluding diaryl/α,β-unsaturated/α-hetero) is 1. The maximum Gasteiger partial charge on any atom is 0.290 e. The highest BCUT2D eigenvalue weighted by atomic mass is 16.3. The van der Waals surface area contributed by atoms with E-state index < -0.39 is 6.04 Å². The van der Waals surface area contributed by atoms with Crippen molar-refractivity contribution < 1.29 is 14.7 Å². The Labute approximate surface area is 149 Å². The van der Waals surface area contributed by atoms with Crippen LogP contribution in [0.4, 0.5) is 0 Å². The Kier molecular flexibility index (Phi) is 4.98. The zero-order chi connectivity index (χ0) is 18.1. The molecule has 25 heavy (non-hydrogen) atoms. The van der Waals surface area contributed by atoms with Crippen LogP contribution in [-0.4, -0.2) is 27.7 Å². The molecule has 4 heteroatoms. The monoisotopic (exact) mass is 341 g/mol. The molecule has 0 saturated heterocycles. The highest BCUT2D eigenvalue weighted by Crippen LogP contribution is 2.43. The number of carbonyl (C=O) groups is 2. The number of aliphatic hydroxyl groups is 1. The van der Waals surface area contributed by atoms with E-state index in [1.807, 2.05) is 45.0 Å². The Hall–Kier alpha value is -2.10. The van der Waals surface area contributed by atoms with Crippen molar-refractivity contribution in [2.75, 3.05) is 0 Å². The predicted octanol–water partition coefficient (Wildman–Crippen LogP) is 4.25. The second-order valence-corrected chi connectivity index (χ2v) is 7.54. The van der Waals surface area contributed by atoms with Crippen molar-refractivity contribution in [1.29, 1.82) is 0 Å². The van der Waals surface area contributed by atoms with Crippen molar-refractivity contribution >= 4 is 11.7 Å². The summed E-state index contributed by atoms with van der Waals surface area (Å²) >= 11 is 0. The Bertz CT molecular complexity index is 714. The zero-order valence-corrected chi connectivity index (χ0v) is 15.3. The van der Waals surface area contributed by atoms with E-state index in [2.05, 4.69) is 0 Å². The maximum atomic E-state index is 12.9. The lowest BCUT2D eigenvalue weighted by molar-refractivity contribution is -0.132. The minimum atomic E-state index is -0.466. The predicted molar refractivity (Wildman–Crippen MR) is 97.1 cm³/mol. The van der Waals surface area contributed by atoms with Gasteiger partial charge in [0.15, 0.2) is 11.5 Å². The first-order valence-electron chi connectivity index (χ1n) is 9.29. The Morgan fingerprint density at radius 2 is 1.80 bits per heavy atom. The smallest absolute Gasteiger partial charge is 0.290 e. The molecule has 1 N–H and O–H groups in total. The van der Waals surface area contributed by atoms with Gasteiger partial charge in [0, 0.05) is 12.0 Å². The molecule has 2 aliphatic rings. The lowest BCUT2D eigenvalue weighted by Crippen LogP contribution is -2.41. The highest BCUT2D eigenvalue weighted by Gasteiger charge is 2.47. The van der Waals surface area contributed by atoms with Crippen LogP contribution in [0.3, 0.4) is 0 Å². The molecule has 0 radical (unpaired) electrons. The molecule has 134 valence electrons. The first-order valence-corrected chi connectivity index (χ1v) is 9.29. The molecule has 0 aromatic heterocycles. The zero-order valence-electron chi connectivity index (χ0n) is 15.3. The number of benzene rings is 1. The van der Waals surface area contributed by atoms with E-state index in [0.717, 1.165) is 36.8 Å². The largest absolute Gasteiger partial charge is 0.503 e. The van der Waals surface area contributed by atoms with Gasteiger partial charge in [-0.25, -0.2) is 0 Å². The summed E-state index contributed by atoms with van der Waals surface area (Å²) in [4.78, 5) is 27.5. The van der Waals surface area contributed by atoms with E-state index in [9.17, 15) is 14.7 Å². The van der Waals surface area contributed by atoms with E-state index in [1.54, 1.807) is 4.90 Å². The van der Waals surface area contributed by atoms with E-state index in [0.29, 0.717) is 0 Å². The van der Waals surface area contributed by atoms with Crippen LogP contribution in [-0.2, 0) is 9.59 Å². The van der Waals surface area contributed by atoms with Crippen molar-refractivity contribution in [3.63, 3.8) is 0 Å². The summed E-state index contributed by atoms with van der Waals surface area (Å²) in [5, 5.41) is 10.6. The number of nitrogens with zero attached hydrogens (tertiary/aromatic N) is 1. The molecular formula is C21H27NO3. The highest BCUT2D eigenvalue weighted by molar-refractivity contribution is 6.09. The second kappa shape index (κ2) is 7.03. The lowest BCUT2D eigenvalue weighted by atomic mass is 9.87. The van der Waals surface area contributed by atoms with Crippen LogP contribution in [0, 0.1) is 12.8 Å². The lowest BCUT2D eigenvalue weighted by Gasteiger charge is -2.37. The number of carbonyl (C=O) groups excluding carboxylic acids is 2. The summed E-state index contributed by atoms with van der Waals surface area (Å²) in [6, 6.07) is 7.46. The number of ketones is 1. The average Bonchev–Trinajstić information content (AvgIpc) is 2.86. The number of amides is 1. The minimum Gasteiger partial charge on any atom is -0.503 e. The van der Waals surface area contributed by atoms with Crippen LogP contribution in [0.25, 0.3) is 0 Å². The molecular weight excluding hydrogens is 314 g/mol. The van der Waals surface area contributed by atoms with Crippen LogP contribution in [0.15, 0.2) is 35.6 Å². The summed E-state index contributed by atoms with van der Waals surface area (Å²) in [5.74, 6) is -1.14. The van der Waals surface area contributed by atoms with Crippen LogP contribution >= 0.6 is 0 Å². The van der Waals surface area contributed by atoms with Gasteiger partial charge >= 0.3 is 0 Å². The SMILES string of the molecule is Cc1ccccc1C1C(C(=O)C(C)C)=C(O)C(=O)N1C1CCCCC1. The first-order chi connectivity index (χ1) is 11.9. The van der Waals surface area contributed by atoms with Crippen LogP contribution in [0.5, 0.6) is 0 Å². The quantitative estimate of drug-likeness (QED) is 0.891. The molecule has 1 fully saturated rings. The molecule has 1 unspecified atom stereocenters. The van der Waals surface area contributed by atoms with Crippen LogP contribution in [0.2, 0.25) is 0 Å². The van der Waals surface area contributed by atoms with Crippen LogP contribution in [0.1, 0.15) is 63.1 Å². The van der Waals surface area contributed by atoms with Gasteiger partial charge in [-0.05, 0) is 30.9 Å². The molecule has 1 heterocycles. The summed E-state index contributed by atoms with van der Waals surface area (Å²) in [6.45, 7) is 5.61. The second-order valence-electron chi connectivity index (χ2n) is 7.54. The number of aryl methyl sites for hydroxylation is 1. The minimum absolute atomic E-state index is 0.0884. The molecule has 3 rings (SSSR count). The number of hydrogen-bond acceptors (Lipinski definition) is 3. The molecule has 1 aliphatic heterocycles.